The lowest BCUT2D eigenvalue weighted by atomic mass is 10.2. The van der Waals surface area contributed by atoms with E-state index in [1.165, 1.54) is 0 Å². The standard InChI is InChI=1S/C17H20N4O4/c1-11-19-13(17(22)18-6-3-7-23-2)9-16(20-11)21-12-4-5-14-15(8-12)25-10-24-14/h4-5,8-9H,3,6-7,10H2,1-2H3,(H,18,22)(H,19,20,21). The third-order valence-corrected chi connectivity index (χ3v) is 3.53. The Morgan fingerprint density at radius 3 is 2.92 bits per heavy atom. The molecular formula is C17H20N4O4. The number of aryl methyl sites for hydroxylation is 1. The molecule has 1 aromatic carbocycles. The van der Waals surface area contributed by atoms with Crippen LogP contribution < -0.4 is 20.1 Å². The number of aromatic nitrogens is 2. The van der Waals surface area contributed by atoms with Gasteiger partial charge in [-0.25, -0.2) is 9.97 Å². The van der Waals surface area contributed by atoms with Crippen molar-refractivity contribution in [3.8, 4) is 11.5 Å². The summed E-state index contributed by atoms with van der Waals surface area (Å²) in [6.07, 6.45) is 0.745. The molecule has 3 rings (SSSR count). The van der Waals surface area contributed by atoms with Crippen molar-refractivity contribution >= 4 is 17.4 Å². The fourth-order valence-electron chi connectivity index (χ4n) is 2.38. The van der Waals surface area contributed by atoms with Crippen LogP contribution in [-0.2, 0) is 4.74 Å². The van der Waals surface area contributed by atoms with Crippen molar-refractivity contribution in [3.05, 3.63) is 35.8 Å². The highest BCUT2D eigenvalue weighted by Crippen LogP contribution is 2.34. The molecule has 1 aromatic heterocycles. The number of methoxy groups -OCH3 is 1. The smallest absolute Gasteiger partial charge is 0.270 e. The van der Waals surface area contributed by atoms with Crippen molar-refractivity contribution in [2.75, 3.05) is 32.4 Å². The highest BCUT2D eigenvalue weighted by Gasteiger charge is 2.14. The second-order valence-corrected chi connectivity index (χ2v) is 5.48. The number of carbonyl (C=O) groups is 1. The predicted octanol–water partition coefficient (Wildman–Crippen LogP) is 2.02. The van der Waals surface area contributed by atoms with Crippen molar-refractivity contribution in [1.29, 1.82) is 0 Å². The summed E-state index contributed by atoms with van der Waals surface area (Å²) >= 11 is 0. The summed E-state index contributed by atoms with van der Waals surface area (Å²) in [5, 5.41) is 5.97. The Bertz CT molecular complexity index is 766. The van der Waals surface area contributed by atoms with Crippen LogP contribution in [0.25, 0.3) is 0 Å². The first-order valence-corrected chi connectivity index (χ1v) is 7.95. The fourth-order valence-corrected chi connectivity index (χ4v) is 2.38. The van der Waals surface area contributed by atoms with E-state index >= 15 is 0 Å². The Kier molecular flexibility index (Phi) is 5.30. The Labute approximate surface area is 145 Å². The van der Waals surface area contributed by atoms with Crippen molar-refractivity contribution in [2.45, 2.75) is 13.3 Å². The normalized spacial score (nSPS) is 12.1. The predicted molar refractivity (Wildman–Crippen MR) is 91.4 cm³/mol. The number of carbonyl (C=O) groups excluding carboxylic acids is 1. The van der Waals surface area contributed by atoms with Crippen LogP contribution in [0.1, 0.15) is 22.7 Å². The molecule has 0 spiro atoms. The maximum Gasteiger partial charge on any atom is 0.270 e. The molecule has 2 aromatic rings. The number of fused-ring (bicyclic) bond motifs is 1. The number of anilines is 2. The molecule has 0 unspecified atom stereocenters. The molecule has 2 heterocycles. The minimum absolute atomic E-state index is 0.221. The van der Waals surface area contributed by atoms with E-state index in [1.54, 1.807) is 20.1 Å². The number of benzene rings is 1. The zero-order chi connectivity index (χ0) is 17.6. The van der Waals surface area contributed by atoms with Gasteiger partial charge >= 0.3 is 0 Å². The molecule has 0 bridgehead atoms. The van der Waals surface area contributed by atoms with E-state index in [4.69, 9.17) is 14.2 Å². The van der Waals surface area contributed by atoms with E-state index in [2.05, 4.69) is 20.6 Å². The number of ether oxygens (including phenoxy) is 3. The van der Waals surface area contributed by atoms with Crippen LogP contribution in [0.5, 0.6) is 11.5 Å². The number of amides is 1. The molecule has 1 aliphatic heterocycles. The Morgan fingerprint density at radius 2 is 2.08 bits per heavy atom. The monoisotopic (exact) mass is 344 g/mol. The molecule has 8 heteroatoms. The summed E-state index contributed by atoms with van der Waals surface area (Å²) in [6, 6.07) is 7.12. The highest BCUT2D eigenvalue weighted by molar-refractivity contribution is 5.93. The third kappa shape index (κ3) is 4.36. The SMILES string of the molecule is COCCCNC(=O)c1cc(Nc2ccc3c(c2)OCO3)nc(C)n1. The van der Waals surface area contributed by atoms with E-state index in [9.17, 15) is 4.79 Å². The van der Waals surface area contributed by atoms with E-state index < -0.39 is 0 Å². The van der Waals surface area contributed by atoms with Crippen LogP contribution in [0.15, 0.2) is 24.3 Å². The molecule has 132 valence electrons. The highest BCUT2D eigenvalue weighted by atomic mass is 16.7. The minimum Gasteiger partial charge on any atom is -0.454 e. The first-order valence-electron chi connectivity index (χ1n) is 7.95. The topological polar surface area (TPSA) is 94.6 Å². The van der Waals surface area contributed by atoms with E-state index in [0.29, 0.717) is 42.0 Å². The number of nitrogens with one attached hydrogen (secondary N) is 2. The van der Waals surface area contributed by atoms with Gasteiger partial charge in [-0.2, -0.15) is 0 Å². The Morgan fingerprint density at radius 1 is 1.24 bits per heavy atom. The second kappa shape index (κ2) is 7.80. The average molecular weight is 344 g/mol. The largest absolute Gasteiger partial charge is 0.454 e. The van der Waals surface area contributed by atoms with Crippen LogP contribution >= 0.6 is 0 Å². The zero-order valence-corrected chi connectivity index (χ0v) is 14.2. The fraction of sp³-hybridized carbons (Fsp3) is 0.353. The van der Waals surface area contributed by atoms with Crippen LogP contribution in [0, 0.1) is 6.92 Å². The molecule has 25 heavy (non-hydrogen) atoms. The maximum atomic E-state index is 12.2. The van der Waals surface area contributed by atoms with Gasteiger partial charge in [-0.05, 0) is 25.5 Å². The van der Waals surface area contributed by atoms with Crippen LogP contribution in [0.2, 0.25) is 0 Å². The van der Waals surface area contributed by atoms with Gasteiger partial charge in [0.2, 0.25) is 6.79 Å². The number of hydrogen-bond acceptors (Lipinski definition) is 7. The van der Waals surface area contributed by atoms with Crippen LogP contribution in [0.3, 0.4) is 0 Å². The van der Waals surface area contributed by atoms with E-state index in [1.807, 2.05) is 18.2 Å². The molecule has 0 aliphatic carbocycles. The molecule has 1 amide bonds. The van der Waals surface area contributed by atoms with Crippen molar-refractivity contribution < 1.29 is 19.0 Å². The first kappa shape index (κ1) is 17.0. The molecule has 8 nitrogen and oxygen atoms in total. The summed E-state index contributed by atoms with van der Waals surface area (Å²) in [5.74, 6) is 2.18. The zero-order valence-electron chi connectivity index (χ0n) is 14.2. The quantitative estimate of drug-likeness (QED) is 0.742. The molecule has 0 saturated carbocycles. The maximum absolute atomic E-state index is 12.2. The van der Waals surface area contributed by atoms with Gasteiger partial charge in [0.05, 0.1) is 0 Å². The van der Waals surface area contributed by atoms with Gasteiger partial charge in [0.1, 0.15) is 17.3 Å². The van der Waals surface area contributed by atoms with E-state index in [-0.39, 0.29) is 12.7 Å². The van der Waals surface area contributed by atoms with Gasteiger partial charge in [0, 0.05) is 38.1 Å². The number of hydrogen-bond donors (Lipinski definition) is 2. The summed E-state index contributed by atoms with van der Waals surface area (Å²) in [7, 11) is 1.63. The van der Waals surface area contributed by atoms with Gasteiger partial charge in [-0.1, -0.05) is 0 Å². The Hall–Kier alpha value is -2.87. The second-order valence-electron chi connectivity index (χ2n) is 5.48. The lowest BCUT2D eigenvalue weighted by Crippen LogP contribution is -2.26. The van der Waals surface area contributed by atoms with Gasteiger partial charge in [-0.3, -0.25) is 4.79 Å². The van der Waals surface area contributed by atoms with Gasteiger partial charge in [0.15, 0.2) is 11.5 Å². The number of rotatable bonds is 7. The summed E-state index contributed by atoms with van der Waals surface area (Å²) in [4.78, 5) is 20.7. The van der Waals surface area contributed by atoms with Gasteiger partial charge < -0.3 is 24.8 Å². The molecule has 0 radical (unpaired) electrons. The van der Waals surface area contributed by atoms with Gasteiger partial charge in [0.25, 0.3) is 5.91 Å². The van der Waals surface area contributed by atoms with Crippen molar-refractivity contribution in [1.82, 2.24) is 15.3 Å². The lowest BCUT2D eigenvalue weighted by molar-refractivity contribution is 0.0943. The lowest BCUT2D eigenvalue weighted by Gasteiger charge is -2.09. The molecule has 0 saturated heterocycles. The summed E-state index contributed by atoms with van der Waals surface area (Å²) in [5.41, 5.74) is 1.10. The van der Waals surface area contributed by atoms with Crippen molar-refractivity contribution in [2.24, 2.45) is 0 Å². The van der Waals surface area contributed by atoms with Gasteiger partial charge in [-0.15, -0.1) is 0 Å². The molecule has 0 fully saturated rings. The third-order valence-electron chi connectivity index (χ3n) is 3.53. The first-order chi connectivity index (χ1) is 12.2. The average Bonchev–Trinajstić information content (AvgIpc) is 3.06. The van der Waals surface area contributed by atoms with Crippen LogP contribution in [0.4, 0.5) is 11.5 Å². The molecule has 0 atom stereocenters. The van der Waals surface area contributed by atoms with Crippen molar-refractivity contribution in [3.63, 3.8) is 0 Å². The Balaban J connectivity index is 1.69. The van der Waals surface area contributed by atoms with Crippen LogP contribution in [-0.4, -0.2) is 42.9 Å². The summed E-state index contributed by atoms with van der Waals surface area (Å²) in [6.45, 7) is 3.09. The molecular weight excluding hydrogens is 324 g/mol. The minimum atomic E-state index is -0.240. The summed E-state index contributed by atoms with van der Waals surface area (Å²) < 4.78 is 15.6. The molecule has 1 aliphatic rings. The molecule has 2 N–H and O–H groups in total. The van der Waals surface area contributed by atoms with E-state index in [0.717, 1.165) is 12.1 Å². The number of nitrogens with zero attached hydrogens (tertiary/aromatic N) is 2.